The van der Waals surface area contributed by atoms with E-state index >= 15 is 0 Å². The van der Waals surface area contributed by atoms with Gasteiger partial charge in [-0.1, -0.05) is 71.1 Å². The smallest absolute Gasteiger partial charge is 0.166 e. The zero-order valence-corrected chi connectivity index (χ0v) is 14.5. The van der Waals surface area contributed by atoms with Crippen molar-refractivity contribution in [3.05, 3.63) is 23.8 Å². The molecule has 0 amide bonds. The summed E-state index contributed by atoms with van der Waals surface area (Å²) in [5, 5.41) is 18.9. The van der Waals surface area contributed by atoms with Gasteiger partial charge in [0.2, 0.25) is 0 Å². The van der Waals surface area contributed by atoms with Crippen LogP contribution in [0.2, 0.25) is 0 Å². The van der Waals surface area contributed by atoms with Crippen LogP contribution in [0.1, 0.15) is 94.3 Å². The predicted molar refractivity (Wildman–Crippen MR) is 95.2 cm³/mol. The number of Topliss-reactive ketones (excluding diaryl/α,β-unsaturated/α-hetero) is 1. The van der Waals surface area contributed by atoms with Crippen LogP contribution in [0.4, 0.5) is 0 Å². The van der Waals surface area contributed by atoms with Gasteiger partial charge in [-0.05, 0) is 18.6 Å². The summed E-state index contributed by atoms with van der Waals surface area (Å²) in [5.74, 6) is -0.190. The summed E-state index contributed by atoms with van der Waals surface area (Å²) in [7, 11) is 0. The second-order valence-corrected chi connectivity index (χ2v) is 6.41. The van der Waals surface area contributed by atoms with Gasteiger partial charge in [-0.2, -0.15) is 0 Å². The molecule has 0 aliphatic heterocycles. The Morgan fingerprint density at radius 2 is 1.35 bits per heavy atom. The summed E-state index contributed by atoms with van der Waals surface area (Å²) in [6.07, 6.45) is 14.3. The molecule has 0 aromatic heterocycles. The van der Waals surface area contributed by atoms with Gasteiger partial charge in [0, 0.05) is 12.5 Å². The minimum absolute atomic E-state index is 0.0197. The van der Waals surface area contributed by atoms with E-state index in [0.29, 0.717) is 12.0 Å². The molecule has 0 bridgehead atoms. The monoisotopic (exact) mass is 320 g/mol. The van der Waals surface area contributed by atoms with E-state index in [-0.39, 0.29) is 17.3 Å². The number of ketones is 1. The molecule has 0 spiro atoms. The first-order chi connectivity index (χ1) is 11.1. The largest absolute Gasteiger partial charge is 0.508 e. The summed E-state index contributed by atoms with van der Waals surface area (Å²) >= 11 is 0. The van der Waals surface area contributed by atoms with Crippen molar-refractivity contribution in [2.24, 2.45) is 0 Å². The molecule has 2 N–H and O–H groups in total. The third-order valence-corrected chi connectivity index (χ3v) is 4.29. The molecule has 3 nitrogen and oxygen atoms in total. The van der Waals surface area contributed by atoms with Gasteiger partial charge in [0.05, 0.1) is 5.56 Å². The molecule has 0 fully saturated rings. The van der Waals surface area contributed by atoms with Gasteiger partial charge < -0.3 is 10.2 Å². The van der Waals surface area contributed by atoms with Gasteiger partial charge >= 0.3 is 0 Å². The fourth-order valence-electron chi connectivity index (χ4n) is 2.84. The molecule has 0 heterocycles. The van der Waals surface area contributed by atoms with Crippen LogP contribution in [0, 0.1) is 0 Å². The molecule has 0 atom stereocenters. The first-order valence-corrected chi connectivity index (χ1v) is 9.20. The number of phenolic OH excluding ortho intramolecular Hbond substituents is 2. The maximum Gasteiger partial charge on any atom is 0.166 e. The van der Waals surface area contributed by atoms with Gasteiger partial charge in [-0.3, -0.25) is 4.79 Å². The lowest BCUT2D eigenvalue weighted by Gasteiger charge is -2.05. The Hall–Kier alpha value is -1.51. The van der Waals surface area contributed by atoms with Crippen LogP contribution in [0.3, 0.4) is 0 Å². The summed E-state index contributed by atoms with van der Waals surface area (Å²) in [5.41, 5.74) is 0.315. The minimum Gasteiger partial charge on any atom is -0.508 e. The Morgan fingerprint density at radius 3 is 1.87 bits per heavy atom. The normalized spacial score (nSPS) is 10.8. The summed E-state index contributed by atoms with van der Waals surface area (Å²) in [6.45, 7) is 2.24. The predicted octanol–water partition coefficient (Wildman–Crippen LogP) is 5.98. The molecular weight excluding hydrogens is 288 g/mol. The lowest BCUT2D eigenvalue weighted by Crippen LogP contribution is -1.99. The number of hydrogen-bond acceptors (Lipinski definition) is 3. The number of aromatic hydroxyl groups is 2. The number of unbranched alkanes of at least 4 members (excludes halogenated alkanes) is 10. The van der Waals surface area contributed by atoms with Crippen molar-refractivity contribution in [3.8, 4) is 11.5 Å². The average Bonchev–Trinajstić information content (AvgIpc) is 2.52. The average molecular weight is 320 g/mol. The Kier molecular flexibility index (Phi) is 10.2. The summed E-state index contributed by atoms with van der Waals surface area (Å²) in [6, 6.07) is 4.15. The molecule has 0 saturated heterocycles. The number of hydrogen-bond donors (Lipinski definition) is 2. The molecule has 0 saturated carbocycles. The first kappa shape index (κ1) is 19.5. The van der Waals surface area contributed by atoms with E-state index in [9.17, 15) is 15.0 Å². The van der Waals surface area contributed by atoms with Gasteiger partial charge in [0.25, 0.3) is 0 Å². The lowest BCUT2D eigenvalue weighted by molar-refractivity contribution is 0.0976. The molecule has 1 aromatic rings. The highest BCUT2D eigenvalue weighted by Crippen LogP contribution is 2.24. The van der Waals surface area contributed by atoms with Gasteiger partial charge in [0.1, 0.15) is 11.5 Å². The van der Waals surface area contributed by atoms with Crippen LogP contribution in [-0.4, -0.2) is 16.0 Å². The number of benzene rings is 1. The molecule has 0 radical (unpaired) electrons. The van der Waals surface area contributed by atoms with Gasteiger partial charge in [-0.15, -0.1) is 0 Å². The number of carbonyl (C=O) groups excluding carboxylic acids is 1. The van der Waals surface area contributed by atoms with E-state index in [0.717, 1.165) is 12.8 Å². The minimum atomic E-state index is -0.127. The summed E-state index contributed by atoms with van der Waals surface area (Å²) in [4.78, 5) is 12.0. The van der Waals surface area contributed by atoms with Crippen LogP contribution in [-0.2, 0) is 0 Å². The van der Waals surface area contributed by atoms with Crippen molar-refractivity contribution >= 4 is 5.78 Å². The SMILES string of the molecule is CCCCCCCCCCCCCC(=O)c1ccc(O)cc1O. The number of rotatable bonds is 13. The van der Waals surface area contributed by atoms with Gasteiger partial charge in [-0.25, -0.2) is 0 Å². The van der Waals surface area contributed by atoms with Crippen LogP contribution in [0.25, 0.3) is 0 Å². The maximum absolute atomic E-state index is 12.0. The first-order valence-electron chi connectivity index (χ1n) is 9.20. The van der Waals surface area contributed by atoms with Crippen LogP contribution in [0.15, 0.2) is 18.2 Å². The fourth-order valence-corrected chi connectivity index (χ4v) is 2.84. The zero-order chi connectivity index (χ0) is 16.9. The molecule has 0 aliphatic carbocycles. The van der Waals surface area contributed by atoms with Crippen molar-refractivity contribution in [2.45, 2.75) is 84.0 Å². The second kappa shape index (κ2) is 12.0. The van der Waals surface area contributed by atoms with E-state index in [4.69, 9.17) is 0 Å². The molecule has 23 heavy (non-hydrogen) atoms. The van der Waals surface area contributed by atoms with Crippen molar-refractivity contribution in [1.82, 2.24) is 0 Å². The standard InChI is InChI=1S/C20H32O3/c1-2-3-4-5-6-7-8-9-10-11-12-13-19(22)18-15-14-17(21)16-20(18)23/h14-16,21,23H,2-13H2,1H3. The van der Waals surface area contributed by atoms with Crippen LogP contribution in [0.5, 0.6) is 11.5 Å². The van der Waals surface area contributed by atoms with E-state index in [2.05, 4.69) is 6.92 Å². The highest BCUT2D eigenvalue weighted by Gasteiger charge is 2.11. The molecule has 130 valence electrons. The third-order valence-electron chi connectivity index (χ3n) is 4.29. The Labute approximate surface area is 140 Å². The van der Waals surface area contributed by atoms with E-state index in [1.165, 1.54) is 76.0 Å². The Morgan fingerprint density at radius 1 is 0.826 bits per heavy atom. The highest BCUT2D eigenvalue weighted by atomic mass is 16.3. The summed E-state index contributed by atoms with van der Waals surface area (Å²) < 4.78 is 0. The van der Waals surface area contributed by atoms with Crippen molar-refractivity contribution in [1.29, 1.82) is 0 Å². The Balaban J connectivity index is 2.01. The van der Waals surface area contributed by atoms with Crippen molar-refractivity contribution < 1.29 is 15.0 Å². The zero-order valence-electron chi connectivity index (χ0n) is 14.5. The van der Waals surface area contributed by atoms with Crippen LogP contribution >= 0.6 is 0 Å². The topological polar surface area (TPSA) is 57.5 Å². The van der Waals surface area contributed by atoms with E-state index < -0.39 is 0 Å². The molecular formula is C20H32O3. The number of phenols is 2. The maximum atomic E-state index is 12.0. The van der Waals surface area contributed by atoms with E-state index in [1.54, 1.807) is 0 Å². The van der Waals surface area contributed by atoms with E-state index in [1.807, 2.05) is 0 Å². The molecule has 0 unspecified atom stereocenters. The quantitative estimate of drug-likeness (QED) is 0.347. The lowest BCUT2D eigenvalue weighted by atomic mass is 10.0. The fraction of sp³-hybridized carbons (Fsp3) is 0.650. The second-order valence-electron chi connectivity index (χ2n) is 6.41. The molecule has 0 aliphatic rings. The van der Waals surface area contributed by atoms with Gasteiger partial charge in [0.15, 0.2) is 5.78 Å². The van der Waals surface area contributed by atoms with Crippen molar-refractivity contribution in [3.63, 3.8) is 0 Å². The molecule has 1 aromatic carbocycles. The van der Waals surface area contributed by atoms with Crippen molar-refractivity contribution in [2.75, 3.05) is 0 Å². The highest BCUT2D eigenvalue weighted by molar-refractivity contribution is 5.98. The number of carbonyl (C=O) groups is 1. The van der Waals surface area contributed by atoms with Crippen LogP contribution < -0.4 is 0 Å². The third kappa shape index (κ3) is 8.63. The molecule has 3 heteroatoms. The molecule has 1 rings (SSSR count). The Bertz CT molecular complexity index is 454.